The van der Waals surface area contributed by atoms with Crippen LogP contribution in [0.2, 0.25) is 0 Å². The number of rotatable bonds is 5. The first-order valence-corrected chi connectivity index (χ1v) is 11.1. The summed E-state index contributed by atoms with van der Waals surface area (Å²) >= 11 is 0. The van der Waals surface area contributed by atoms with Gasteiger partial charge in [0.1, 0.15) is 35.9 Å². The molecule has 4 rings (SSSR count). The summed E-state index contributed by atoms with van der Waals surface area (Å²) < 4.78 is 13.0. The molecular formula is C25H32N2O6. The zero-order valence-corrected chi connectivity index (χ0v) is 19.3. The molecule has 1 aliphatic heterocycles. The fraction of sp³-hybridized carbons (Fsp3) is 0.480. The van der Waals surface area contributed by atoms with Gasteiger partial charge in [-0.25, -0.2) is 4.68 Å². The maximum absolute atomic E-state index is 10.7. The molecule has 0 aliphatic carbocycles. The van der Waals surface area contributed by atoms with Crippen molar-refractivity contribution in [2.24, 2.45) is 0 Å². The highest BCUT2D eigenvalue weighted by atomic mass is 16.6. The fourth-order valence-corrected chi connectivity index (χ4v) is 4.02. The Labute approximate surface area is 193 Å². The molecule has 0 bridgehead atoms. The minimum Gasteiger partial charge on any atom is -0.461 e. The van der Waals surface area contributed by atoms with Crippen molar-refractivity contribution in [1.82, 2.24) is 9.78 Å². The molecule has 0 amide bonds. The number of benzene rings is 1. The summed E-state index contributed by atoms with van der Waals surface area (Å²) in [4.78, 5) is 0. The van der Waals surface area contributed by atoms with Gasteiger partial charge in [0.05, 0.1) is 12.3 Å². The Morgan fingerprint density at radius 2 is 1.67 bits per heavy atom. The molecule has 3 aromatic rings. The van der Waals surface area contributed by atoms with E-state index in [0.717, 1.165) is 34.0 Å². The second-order valence-electron chi connectivity index (χ2n) is 9.72. The summed E-state index contributed by atoms with van der Waals surface area (Å²) in [6.07, 6.45) is -5.82. The van der Waals surface area contributed by atoms with Crippen molar-refractivity contribution in [2.45, 2.75) is 70.2 Å². The summed E-state index contributed by atoms with van der Waals surface area (Å²) in [5.74, 6) is 1.66. The normalized spacial score (nSPS) is 26.0. The Morgan fingerprint density at radius 1 is 0.970 bits per heavy atom. The molecule has 0 saturated carbocycles. The van der Waals surface area contributed by atoms with Crippen LogP contribution in [0.4, 0.5) is 0 Å². The summed E-state index contributed by atoms with van der Waals surface area (Å²) in [5.41, 5.74) is 3.33. The van der Waals surface area contributed by atoms with E-state index in [1.54, 1.807) is 4.68 Å². The van der Waals surface area contributed by atoms with E-state index >= 15 is 0 Å². The Balaban J connectivity index is 1.66. The Kier molecular flexibility index (Phi) is 6.48. The molecule has 8 nitrogen and oxygen atoms in total. The minimum absolute atomic E-state index is 0.255. The lowest BCUT2D eigenvalue weighted by Crippen LogP contribution is -2.56. The molecule has 178 valence electrons. The van der Waals surface area contributed by atoms with Crippen molar-refractivity contribution >= 4 is 0 Å². The zero-order chi connectivity index (χ0) is 23.9. The number of hydrogen-bond donors (Lipinski definition) is 4. The number of aromatic nitrogens is 2. The van der Waals surface area contributed by atoms with Gasteiger partial charge in [-0.2, -0.15) is 5.10 Å². The van der Waals surface area contributed by atoms with Gasteiger partial charge in [-0.15, -0.1) is 0 Å². The molecule has 0 spiro atoms. The summed E-state index contributed by atoms with van der Waals surface area (Å²) in [7, 11) is 0. The molecule has 4 N–H and O–H groups in total. The first-order chi connectivity index (χ1) is 15.6. The highest BCUT2D eigenvalue weighted by Crippen LogP contribution is 2.32. The second kappa shape index (κ2) is 9.04. The summed E-state index contributed by atoms with van der Waals surface area (Å²) in [6, 6.07) is 13.8. The lowest BCUT2D eigenvalue weighted by molar-refractivity contribution is -0.254. The largest absolute Gasteiger partial charge is 0.461 e. The van der Waals surface area contributed by atoms with Crippen LogP contribution in [0.1, 0.15) is 49.7 Å². The van der Waals surface area contributed by atoms with Crippen molar-refractivity contribution in [3.05, 3.63) is 65.2 Å². The van der Waals surface area contributed by atoms with E-state index in [1.165, 1.54) is 0 Å². The van der Waals surface area contributed by atoms with Gasteiger partial charge in [-0.1, -0.05) is 45.0 Å². The molecule has 1 aromatic carbocycles. The van der Waals surface area contributed by atoms with Crippen molar-refractivity contribution in [3.8, 4) is 11.3 Å². The van der Waals surface area contributed by atoms with Gasteiger partial charge in [0.25, 0.3) is 0 Å². The van der Waals surface area contributed by atoms with Crippen molar-refractivity contribution < 1.29 is 29.6 Å². The van der Waals surface area contributed by atoms with Gasteiger partial charge in [0.15, 0.2) is 6.23 Å². The summed E-state index contributed by atoms with van der Waals surface area (Å²) in [5, 5.41) is 45.3. The lowest BCUT2D eigenvalue weighted by atomic mass is 9.92. The van der Waals surface area contributed by atoms with Gasteiger partial charge in [0.2, 0.25) is 0 Å². The lowest BCUT2D eigenvalue weighted by Gasteiger charge is -2.40. The molecule has 8 heteroatoms. The van der Waals surface area contributed by atoms with Crippen LogP contribution in [0.5, 0.6) is 0 Å². The maximum Gasteiger partial charge on any atom is 0.179 e. The number of aryl methyl sites for hydroxylation is 1. The number of nitrogens with zero attached hydrogens (tertiary/aromatic N) is 2. The highest BCUT2D eigenvalue weighted by molar-refractivity contribution is 5.58. The van der Waals surface area contributed by atoms with E-state index in [2.05, 4.69) is 0 Å². The van der Waals surface area contributed by atoms with E-state index in [0.29, 0.717) is 6.42 Å². The summed E-state index contributed by atoms with van der Waals surface area (Å²) in [6.45, 7) is 7.54. The van der Waals surface area contributed by atoms with Crippen LogP contribution in [0.15, 0.2) is 46.9 Å². The first kappa shape index (κ1) is 23.7. The van der Waals surface area contributed by atoms with E-state index in [1.807, 2.05) is 70.2 Å². The van der Waals surface area contributed by atoms with Gasteiger partial charge in [0, 0.05) is 23.1 Å². The van der Waals surface area contributed by atoms with E-state index in [4.69, 9.17) is 14.3 Å². The predicted molar refractivity (Wildman–Crippen MR) is 122 cm³/mol. The van der Waals surface area contributed by atoms with Gasteiger partial charge >= 0.3 is 0 Å². The molecule has 2 aromatic heterocycles. The van der Waals surface area contributed by atoms with E-state index in [9.17, 15) is 20.4 Å². The van der Waals surface area contributed by atoms with E-state index < -0.39 is 37.3 Å². The van der Waals surface area contributed by atoms with Crippen LogP contribution < -0.4 is 0 Å². The minimum atomic E-state index is -1.47. The Bertz CT molecular complexity index is 1080. The number of aliphatic hydroxyl groups excluding tert-OH is 4. The molecule has 33 heavy (non-hydrogen) atoms. The third kappa shape index (κ3) is 4.76. The standard InChI is InChI=1S/C25H32N2O6/c1-14-5-10-18(32-14)16-8-6-15(7-9-16)11-17-12-20(25(2,3)4)26-27(17)24-23(31)22(30)21(29)19(13-28)33-24/h5-10,12,19,21-24,28-31H,11,13H2,1-4H3/t19-,21-,22+,23-,24-/m1/s1. The topological polar surface area (TPSA) is 121 Å². The maximum atomic E-state index is 10.7. The average Bonchev–Trinajstić information content (AvgIpc) is 3.39. The Hall–Kier alpha value is -2.49. The highest BCUT2D eigenvalue weighted by Gasteiger charge is 2.45. The molecule has 5 atom stereocenters. The number of aliphatic hydroxyl groups is 4. The quantitative estimate of drug-likeness (QED) is 0.465. The molecule has 1 fully saturated rings. The number of hydrogen-bond acceptors (Lipinski definition) is 7. The first-order valence-electron chi connectivity index (χ1n) is 11.1. The fourth-order valence-electron chi connectivity index (χ4n) is 4.02. The third-order valence-electron chi connectivity index (χ3n) is 6.05. The SMILES string of the molecule is Cc1ccc(-c2ccc(Cc3cc(C(C)(C)C)nn3[C@@H]3O[C@H](CO)[C@@H](O)[C@H](O)[C@H]3O)cc2)o1. The van der Waals surface area contributed by atoms with Crippen molar-refractivity contribution in [2.75, 3.05) is 6.61 Å². The molecule has 1 aliphatic rings. The number of ether oxygens (including phenoxy) is 1. The van der Waals surface area contributed by atoms with Crippen LogP contribution in [-0.4, -0.2) is 61.2 Å². The van der Waals surface area contributed by atoms with Crippen LogP contribution in [0, 0.1) is 6.92 Å². The van der Waals surface area contributed by atoms with E-state index in [-0.39, 0.29) is 5.41 Å². The smallest absolute Gasteiger partial charge is 0.179 e. The zero-order valence-electron chi connectivity index (χ0n) is 19.3. The molecular weight excluding hydrogens is 424 g/mol. The third-order valence-corrected chi connectivity index (χ3v) is 6.05. The van der Waals surface area contributed by atoms with Gasteiger partial charge < -0.3 is 29.6 Å². The molecule has 0 radical (unpaired) electrons. The number of furan rings is 1. The van der Waals surface area contributed by atoms with Crippen LogP contribution in [0.3, 0.4) is 0 Å². The average molecular weight is 457 g/mol. The Morgan fingerprint density at radius 3 is 2.24 bits per heavy atom. The van der Waals surface area contributed by atoms with Crippen LogP contribution in [0.25, 0.3) is 11.3 Å². The van der Waals surface area contributed by atoms with Crippen LogP contribution >= 0.6 is 0 Å². The van der Waals surface area contributed by atoms with Crippen molar-refractivity contribution in [3.63, 3.8) is 0 Å². The molecule has 1 saturated heterocycles. The van der Waals surface area contributed by atoms with Gasteiger partial charge in [-0.3, -0.25) is 0 Å². The molecule has 3 heterocycles. The second-order valence-corrected chi connectivity index (χ2v) is 9.72. The molecule has 0 unspecified atom stereocenters. The van der Waals surface area contributed by atoms with Crippen molar-refractivity contribution in [1.29, 1.82) is 0 Å². The van der Waals surface area contributed by atoms with Crippen LogP contribution in [-0.2, 0) is 16.6 Å². The van der Waals surface area contributed by atoms with Gasteiger partial charge in [-0.05, 0) is 30.7 Å². The predicted octanol–water partition coefficient (Wildman–Crippen LogP) is 2.31. The monoisotopic (exact) mass is 456 g/mol.